The van der Waals surface area contributed by atoms with Gasteiger partial charge in [0.05, 0.1) is 0 Å². The maximum Gasteiger partial charge on any atom is 0.0147 e. The van der Waals surface area contributed by atoms with E-state index >= 15 is 0 Å². The van der Waals surface area contributed by atoms with Gasteiger partial charge in [-0.15, -0.1) is 0 Å². The third-order valence-electron chi connectivity index (χ3n) is 4.80. The highest BCUT2D eigenvalue weighted by atomic mass is 32.2. The van der Waals surface area contributed by atoms with Gasteiger partial charge in [0.1, 0.15) is 0 Å². The van der Waals surface area contributed by atoms with Crippen molar-refractivity contribution in [2.75, 3.05) is 38.5 Å². The first-order chi connectivity index (χ1) is 9.78. The van der Waals surface area contributed by atoms with Crippen LogP contribution in [0.5, 0.6) is 0 Å². The lowest BCUT2D eigenvalue weighted by molar-refractivity contribution is 0.179. The summed E-state index contributed by atoms with van der Waals surface area (Å²) < 4.78 is 0. The fourth-order valence-electron chi connectivity index (χ4n) is 3.70. The Morgan fingerprint density at radius 1 is 1.25 bits per heavy atom. The molecule has 2 nitrogen and oxygen atoms in total. The minimum atomic E-state index is 0.369. The molecule has 2 heterocycles. The molecule has 1 atom stereocenters. The zero-order valence-electron chi connectivity index (χ0n) is 12.5. The molecule has 3 rings (SSSR count). The molecule has 0 saturated carbocycles. The van der Waals surface area contributed by atoms with Gasteiger partial charge in [-0.2, -0.15) is 11.8 Å². The molecule has 0 radical (unpaired) electrons. The Kier molecular flexibility index (Phi) is 4.69. The Balaban J connectivity index is 1.79. The highest BCUT2D eigenvalue weighted by molar-refractivity contribution is 7.99. The molecule has 0 bridgehead atoms. The lowest BCUT2D eigenvalue weighted by Gasteiger charge is -2.43. The largest absolute Gasteiger partial charge is 0.317 e. The van der Waals surface area contributed by atoms with Crippen molar-refractivity contribution in [2.24, 2.45) is 0 Å². The summed E-state index contributed by atoms with van der Waals surface area (Å²) in [7, 11) is 0. The Labute approximate surface area is 127 Å². The van der Waals surface area contributed by atoms with Gasteiger partial charge in [-0.05, 0) is 31.5 Å². The predicted molar refractivity (Wildman–Crippen MR) is 88.6 cm³/mol. The minimum absolute atomic E-state index is 0.369. The average Bonchev–Trinajstić information content (AvgIpc) is 2.49. The monoisotopic (exact) mass is 290 g/mol. The molecule has 3 heteroatoms. The first-order valence-corrected chi connectivity index (χ1v) is 8.94. The smallest absolute Gasteiger partial charge is 0.0147 e. The summed E-state index contributed by atoms with van der Waals surface area (Å²) >= 11 is 2.12. The number of nitrogens with one attached hydrogen (secondary N) is 1. The van der Waals surface area contributed by atoms with Crippen molar-refractivity contribution in [3.8, 4) is 0 Å². The van der Waals surface area contributed by atoms with Gasteiger partial charge >= 0.3 is 0 Å². The summed E-state index contributed by atoms with van der Waals surface area (Å²) in [6, 6.07) is 11.2. The molecule has 2 aliphatic heterocycles. The third-order valence-corrected chi connectivity index (χ3v) is 5.93. The van der Waals surface area contributed by atoms with Gasteiger partial charge in [0.2, 0.25) is 0 Å². The Hall–Kier alpha value is -0.510. The van der Waals surface area contributed by atoms with Crippen LogP contribution in [0.15, 0.2) is 30.3 Å². The molecule has 2 aliphatic rings. The Bertz CT molecular complexity index is 414. The molecule has 1 unspecified atom stereocenters. The van der Waals surface area contributed by atoms with Crippen molar-refractivity contribution in [2.45, 2.75) is 30.4 Å². The molecule has 1 N–H and O–H groups in total. The van der Waals surface area contributed by atoms with E-state index in [0.29, 0.717) is 5.41 Å². The van der Waals surface area contributed by atoms with Crippen molar-refractivity contribution < 1.29 is 0 Å². The van der Waals surface area contributed by atoms with E-state index in [1.165, 1.54) is 38.2 Å². The van der Waals surface area contributed by atoms with Crippen molar-refractivity contribution in [3.05, 3.63) is 35.9 Å². The molecular formula is C17H26N2S. The van der Waals surface area contributed by atoms with Gasteiger partial charge in [0, 0.05) is 36.1 Å². The fourth-order valence-corrected chi connectivity index (χ4v) is 4.78. The van der Waals surface area contributed by atoms with Crippen LogP contribution in [0.25, 0.3) is 0 Å². The Morgan fingerprint density at radius 3 is 2.70 bits per heavy atom. The third kappa shape index (κ3) is 3.21. The maximum atomic E-state index is 3.53. The number of benzene rings is 1. The number of rotatable bonds is 3. The second-order valence-electron chi connectivity index (χ2n) is 6.31. The van der Waals surface area contributed by atoms with Gasteiger partial charge in [-0.3, -0.25) is 0 Å². The van der Waals surface area contributed by atoms with Crippen molar-refractivity contribution in [1.29, 1.82) is 0 Å². The fraction of sp³-hybridized carbons (Fsp3) is 0.647. The molecule has 0 aromatic heterocycles. The molecule has 1 aromatic carbocycles. The molecule has 0 aliphatic carbocycles. The Morgan fingerprint density at radius 2 is 2.00 bits per heavy atom. The predicted octanol–water partition coefficient (Wildman–Crippen LogP) is 2.75. The summed E-state index contributed by atoms with van der Waals surface area (Å²) in [6.07, 6.45) is 2.55. The SMILES string of the molecule is CC1CN(CC2(c3ccccc3)CCNCC2)CCS1. The standard InChI is InChI=1S/C17H26N2S/c1-15-13-19(11-12-20-15)14-17(7-9-18-10-8-17)16-5-3-2-4-6-16/h2-6,15,18H,7-14H2,1H3. The molecule has 2 saturated heterocycles. The van der Waals surface area contributed by atoms with Crippen LogP contribution in [0, 0.1) is 0 Å². The summed E-state index contributed by atoms with van der Waals surface area (Å²) in [6.45, 7) is 8.45. The quantitative estimate of drug-likeness (QED) is 0.921. The number of thioether (sulfide) groups is 1. The van der Waals surface area contributed by atoms with Crippen molar-refractivity contribution in [3.63, 3.8) is 0 Å². The normalized spacial score (nSPS) is 27.4. The molecule has 1 aromatic rings. The van der Waals surface area contributed by atoms with Gasteiger partial charge in [-0.1, -0.05) is 37.3 Å². The molecule has 110 valence electrons. The van der Waals surface area contributed by atoms with E-state index in [1.54, 1.807) is 5.56 Å². The number of hydrogen-bond donors (Lipinski definition) is 1. The second kappa shape index (κ2) is 6.50. The van der Waals surface area contributed by atoms with Crippen LogP contribution in [0.1, 0.15) is 25.3 Å². The zero-order valence-corrected chi connectivity index (χ0v) is 13.3. The lowest BCUT2D eigenvalue weighted by atomic mass is 9.72. The van der Waals surface area contributed by atoms with Crippen LogP contribution in [0.4, 0.5) is 0 Å². The van der Waals surface area contributed by atoms with Crippen LogP contribution in [0.2, 0.25) is 0 Å². The number of hydrogen-bond acceptors (Lipinski definition) is 3. The second-order valence-corrected chi connectivity index (χ2v) is 7.86. The molecule has 0 spiro atoms. The lowest BCUT2D eigenvalue weighted by Crippen LogP contribution is -2.50. The number of nitrogens with zero attached hydrogens (tertiary/aromatic N) is 1. The molecule has 20 heavy (non-hydrogen) atoms. The van der Waals surface area contributed by atoms with E-state index in [1.807, 2.05) is 0 Å². The van der Waals surface area contributed by atoms with Crippen LogP contribution < -0.4 is 5.32 Å². The van der Waals surface area contributed by atoms with E-state index in [0.717, 1.165) is 18.3 Å². The number of piperidine rings is 1. The van der Waals surface area contributed by atoms with Crippen molar-refractivity contribution in [1.82, 2.24) is 10.2 Å². The van der Waals surface area contributed by atoms with E-state index in [-0.39, 0.29) is 0 Å². The van der Waals surface area contributed by atoms with E-state index in [9.17, 15) is 0 Å². The molecule has 0 amide bonds. The van der Waals surface area contributed by atoms with Crippen LogP contribution >= 0.6 is 11.8 Å². The minimum Gasteiger partial charge on any atom is -0.317 e. The van der Waals surface area contributed by atoms with E-state index in [4.69, 9.17) is 0 Å². The van der Waals surface area contributed by atoms with E-state index < -0.39 is 0 Å². The summed E-state index contributed by atoms with van der Waals surface area (Å²) in [5, 5.41) is 4.32. The van der Waals surface area contributed by atoms with Crippen LogP contribution in [0.3, 0.4) is 0 Å². The molecule has 2 fully saturated rings. The average molecular weight is 290 g/mol. The van der Waals surface area contributed by atoms with Gasteiger partial charge in [0.25, 0.3) is 0 Å². The van der Waals surface area contributed by atoms with Crippen LogP contribution in [-0.2, 0) is 5.41 Å². The van der Waals surface area contributed by atoms with E-state index in [2.05, 4.69) is 59.2 Å². The maximum absolute atomic E-state index is 3.53. The first-order valence-electron chi connectivity index (χ1n) is 7.89. The van der Waals surface area contributed by atoms with Gasteiger partial charge in [0.15, 0.2) is 0 Å². The highest BCUT2D eigenvalue weighted by Gasteiger charge is 2.36. The van der Waals surface area contributed by atoms with Crippen molar-refractivity contribution >= 4 is 11.8 Å². The molecular weight excluding hydrogens is 264 g/mol. The van der Waals surface area contributed by atoms with Gasteiger partial charge < -0.3 is 10.2 Å². The summed E-state index contributed by atoms with van der Waals surface area (Å²) in [5.41, 5.74) is 1.92. The zero-order chi connectivity index (χ0) is 13.8. The van der Waals surface area contributed by atoms with Crippen LogP contribution in [-0.4, -0.2) is 48.6 Å². The van der Waals surface area contributed by atoms with Gasteiger partial charge in [-0.25, -0.2) is 0 Å². The highest BCUT2D eigenvalue weighted by Crippen LogP contribution is 2.35. The summed E-state index contributed by atoms with van der Waals surface area (Å²) in [4.78, 5) is 2.71. The topological polar surface area (TPSA) is 15.3 Å². The first kappa shape index (κ1) is 14.4. The summed E-state index contributed by atoms with van der Waals surface area (Å²) in [5.74, 6) is 1.30.